The zero-order chi connectivity index (χ0) is 20.2. The molecular formula is C21H22FN3O2S2. The summed E-state index contributed by atoms with van der Waals surface area (Å²) in [5.74, 6) is 1.07. The van der Waals surface area contributed by atoms with E-state index in [0.717, 1.165) is 35.0 Å². The predicted molar refractivity (Wildman–Crippen MR) is 116 cm³/mol. The van der Waals surface area contributed by atoms with Crippen molar-refractivity contribution in [3.8, 4) is 0 Å². The maximum Gasteiger partial charge on any atom is 0.259 e. The zero-order valence-corrected chi connectivity index (χ0v) is 17.6. The monoisotopic (exact) mass is 431 g/mol. The number of halogens is 1. The number of fused-ring (bicyclic) bond motifs is 3. The van der Waals surface area contributed by atoms with Crippen molar-refractivity contribution in [2.24, 2.45) is 0 Å². The van der Waals surface area contributed by atoms with Gasteiger partial charge in [-0.1, -0.05) is 12.1 Å². The van der Waals surface area contributed by atoms with Crippen LogP contribution in [-0.4, -0.2) is 28.2 Å². The Morgan fingerprint density at radius 1 is 1.24 bits per heavy atom. The summed E-state index contributed by atoms with van der Waals surface area (Å²) < 4.78 is 12.9. The number of aryl methyl sites for hydroxylation is 2. The first kappa shape index (κ1) is 20.1. The van der Waals surface area contributed by atoms with Crippen molar-refractivity contribution < 1.29 is 9.18 Å². The Balaban J connectivity index is 1.27. The number of aromatic amines is 1. The molecule has 1 aromatic carbocycles. The summed E-state index contributed by atoms with van der Waals surface area (Å²) >= 11 is 3.06. The van der Waals surface area contributed by atoms with E-state index in [1.165, 1.54) is 40.8 Å². The number of hydrogen-bond donors (Lipinski definition) is 2. The summed E-state index contributed by atoms with van der Waals surface area (Å²) in [5, 5.41) is 3.62. The number of benzene rings is 1. The molecule has 1 amide bonds. The molecule has 1 aliphatic rings. The number of hydrogen-bond acceptors (Lipinski definition) is 5. The van der Waals surface area contributed by atoms with Crippen LogP contribution in [0.2, 0.25) is 0 Å². The van der Waals surface area contributed by atoms with Crippen LogP contribution < -0.4 is 10.9 Å². The first-order chi connectivity index (χ1) is 14.1. The van der Waals surface area contributed by atoms with E-state index in [0.29, 0.717) is 30.3 Å². The van der Waals surface area contributed by atoms with Gasteiger partial charge in [-0.05, 0) is 55.4 Å². The topological polar surface area (TPSA) is 74.8 Å². The van der Waals surface area contributed by atoms with Crippen molar-refractivity contribution in [3.05, 3.63) is 62.3 Å². The van der Waals surface area contributed by atoms with E-state index in [2.05, 4.69) is 15.3 Å². The van der Waals surface area contributed by atoms with Gasteiger partial charge in [-0.15, -0.1) is 23.1 Å². The third-order valence-electron chi connectivity index (χ3n) is 5.00. The SMILES string of the molecule is O=C(CSCc1nc2sc3c(c2c(=O)[nH]1)CCCC3)NCCc1ccc(F)cc1. The molecule has 152 valence electrons. The molecule has 1 aliphatic carbocycles. The first-order valence-electron chi connectivity index (χ1n) is 9.72. The fourth-order valence-corrected chi connectivity index (χ4v) is 5.57. The Labute approximate surface area is 176 Å². The van der Waals surface area contributed by atoms with E-state index in [4.69, 9.17) is 0 Å². The van der Waals surface area contributed by atoms with Crippen molar-refractivity contribution in [2.45, 2.75) is 37.9 Å². The number of nitrogens with zero attached hydrogens (tertiary/aromatic N) is 1. The quantitative estimate of drug-likeness (QED) is 0.600. The molecule has 0 saturated heterocycles. The minimum atomic E-state index is -0.262. The molecule has 4 rings (SSSR count). The molecule has 0 spiro atoms. The van der Waals surface area contributed by atoms with Crippen molar-refractivity contribution in [2.75, 3.05) is 12.3 Å². The normalized spacial score (nSPS) is 13.4. The van der Waals surface area contributed by atoms with Crippen molar-refractivity contribution in [1.82, 2.24) is 15.3 Å². The van der Waals surface area contributed by atoms with Crippen LogP contribution in [0, 0.1) is 5.82 Å². The molecule has 0 bridgehead atoms. The van der Waals surface area contributed by atoms with Crippen molar-refractivity contribution >= 4 is 39.2 Å². The highest BCUT2D eigenvalue weighted by molar-refractivity contribution is 7.99. The van der Waals surface area contributed by atoms with E-state index < -0.39 is 0 Å². The van der Waals surface area contributed by atoms with Crippen LogP contribution in [0.4, 0.5) is 4.39 Å². The van der Waals surface area contributed by atoms with Crippen molar-refractivity contribution in [1.29, 1.82) is 0 Å². The fraction of sp³-hybridized carbons (Fsp3) is 0.381. The number of thiophene rings is 1. The molecule has 3 aromatic rings. The number of H-pyrrole nitrogens is 1. The highest BCUT2D eigenvalue weighted by atomic mass is 32.2. The number of rotatable bonds is 7. The Bertz CT molecular complexity index is 1080. The Morgan fingerprint density at radius 3 is 2.86 bits per heavy atom. The van der Waals surface area contributed by atoms with Crippen LogP contribution in [0.25, 0.3) is 10.2 Å². The van der Waals surface area contributed by atoms with Crippen LogP contribution in [0.3, 0.4) is 0 Å². The lowest BCUT2D eigenvalue weighted by Gasteiger charge is -2.09. The minimum absolute atomic E-state index is 0.0613. The lowest BCUT2D eigenvalue weighted by molar-refractivity contribution is -0.118. The third kappa shape index (κ3) is 4.87. The van der Waals surface area contributed by atoms with Gasteiger partial charge in [0.1, 0.15) is 16.5 Å². The summed E-state index contributed by atoms with van der Waals surface area (Å²) in [6.07, 6.45) is 4.97. The standard InChI is InChI=1S/C21H22FN3O2S2/c22-14-7-5-13(6-8-14)9-10-23-18(26)12-28-11-17-24-20(27)19-15-3-1-2-4-16(15)29-21(19)25-17/h5-8H,1-4,9-12H2,(H,23,26)(H,24,25,27). The van der Waals surface area contributed by atoms with Crippen molar-refractivity contribution in [3.63, 3.8) is 0 Å². The molecule has 0 unspecified atom stereocenters. The summed E-state index contributed by atoms with van der Waals surface area (Å²) in [4.78, 5) is 34.2. The van der Waals surface area contributed by atoms with Gasteiger partial charge in [-0.25, -0.2) is 9.37 Å². The average molecular weight is 432 g/mol. The zero-order valence-electron chi connectivity index (χ0n) is 15.9. The smallest absolute Gasteiger partial charge is 0.259 e. The summed E-state index contributed by atoms with van der Waals surface area (Å²) in [6.45, 7) is 0.507. The maximum atomic E-state index is 12.9. The summed E-state index contributed by atoms with van der Waals surface area (Å²) in [7, 11) is 0. The van der Waals surface area contributed by atoms with Crippen LogP contribution in [-0.2, 0) is 29.8 Å². The van der Waals surface area contributed by atoms with Crippen LogP contribution in [0.1, 0.15) is 34.7 Å². The molecule has 0 fully saturated rings. The van der Waals surface area contributed by atoms with E-state index in [1.54, 1.807) is 23.5 Å². The summed E-state index contributed by atoms with van der Waals surface area (Å²) in [5.41, 5.74) is 2.10. The van der Waals surface area contributed by atoms with E-state index in [-0.39, 0.29) is 17.3 Å². The number of thioether (sulfide) groups is 1. The molecule has 0 atom stereocenters. The number of carbonyl (C=O) groups excluding carboxylic acids is 1. The molecule has 5 nitrogen and oxygen atoms in total. The van der Waals surface area contributed by atoms with Gasteiger partial charge >= 0.3 is 0 Å². The molecule has 0 saturated carbocycles. The predicted octanol–water partition coefficient (Wildman–Crippen LogP) is 3.59. The maximum absolute atomic E-state index is 12.9. The number of amides is 1. The van der Waals surface area contributed by atoms with Gasteiger partial charge in [0.2, 0.25) is 5.91 Å². The van der Waals surface area contributed by atoms with Gasteiger partial charge in [-0.3, -0.25) is 9.59 Å². The van der Waals surface area contributed by atoms with Crippen LogP contribution in [0.15, 0.2) is 29.1 Å². The van der Waals surface area contributed by atoms with Gasteiger partial charge in [-0.2, -0.15) is 0 Å². The highest BCUT2D eigenvalue weighted by Gasteiger charge is 2.19. The second kappa shape index (κ2) is 9.09. The van der Waals surface area contributed by atoms with Crippen LogP contribution in [0.5, 0.6) is 0 Å². The Kier molecular flexibility index (Phi) is 6.30. The van der Waals surface area contributed by atoms with Gasteiger partial charge in [0.15, 0.2) is 0 Å². The number of carbonyl (C=O) groups is 1. The van der Waals surface area contributed by atoms with Gasteiger partial charge in [0.25, 0.3) is 5.56 Å². The van der Waals surface area contributed by atoms with E-state index >= 15 is 0 Å². The molecular weight excluding hydrogens is 409 g/mol. The van der Waals surface area contributed by atoms with Gasteiger partial charge in [0, 0.05) is 11.4 Å². The highest BCUT2D eigenvalue weighted by Crippen LogP contribution is 2.33. The van der Waals surface area contributed by atoms with Gasteiger partial charge in [0.05, 0.1) is 16.9 Å². The molecule has 8 heteroatoms. The number of nitrogens with one attached hydrogen (secondary N) is 2. The molecule has 0 radical (unpaired) electrons. The van der Waals surface area contributed by atoms with E-state index in [9.17, 15) is 14.0 Å². The Morgan fingerprint density at radius 2 is 2.03 bits per heavy atom. The van der Waals surface area contributed by atoms with E-state index in [1.807, 2.05) is 0 Å². The fourth-order valence-electron chi connectivity index (χ4n) is 3.57. The van der Waals surface area contributed by atoms with Crippen LogP contribution >= 0.6 is 23.1 Å². The minimum Gasteiger partial charge on any atom is -0.355 e. The largest absolute Gasteiger partial charge is 0.355 e. The van der Waals surface area contributed by atoms with Gasteiger partial charge < -0.3 is 10.3 Å². The molecule has 2 N–H and O–H groups in total. The average Bonchev–Trinajstić information content (AvgIpc) is 3.08. The Hall–Kier alpha value is -2.19. The lowest BCUT2D eigenvalue weighted by atomic mass is 9.97. The third-order valence-corrected chi connectivity index (χ3v) is 7.12. The summed E-state index contributed by atoms with van der Waals surface area (Å²) in [6, 6.07) is 6.27. The first-order valence-corrected chi connectivity index (χ1v) is 11.7. The second-order valence-corrected chi connectivity index (χ2v) is 9.19. The molecule has 2 heterocycles. The molecule has 29 heavy (non-hydrogen) atoms. The molecule has 0 aliphatic heterocycles. The second-order valence-electron chi connectivity index (χ2n) is 7.12. The molecule has 2 aromatic heterocycles. The number of aromatic nitrogens is 2. The lowest BCUT2D eigenvalue weighted by Crippen LogP contribution is -2.27.